The maximum absolute atomic E-state index is 13.9. The van der Waals surface area contributed by atoms with Crippen LogP contribution in [0, 0.1) is 10.1 Å². The number of fused-ring (bicyclic) bond motifs is 1. The molecule has 2 amide bonds. The van der Waals surface area contributed by atoms with Crippen molar-refractivity contribution in [1.29, 1.82) is 0 Å². The van der Waals surface area contributed by atoms with Crippen LogP contribution in [0.2, 0.25) is 0 Å². The van der Waals surface area contributed by atoms with Crippen LogP contribution in [-0.4, -0.2) is 68.7 Å². The van der Waals surface area contributed by atoms with E-state index in [1.807, 2.05) is 0 Å². The van der Waals surface area contributed by atoms with Crippen molar-refractivity contribution in [1.82, 2.24) is 20.0 Å². The van der Waals surface area contributed by atoms with Gasteiger partial charge in [0.15, 0.2) is 0 Å². The molecule has 1 aromatic heterocycles. The van der Waals surface area contributed by atoms with Crippen LogP contribution in [0.25, 0.3) is 0 Å². The number of hydrogen-bond acceptors (Lipinski definition) is 9. The van der Waals surface area contributed by atoms with Crippen molar-refractivity contribution in [3.63, 3.8) is 0 Å². The van der Waals surface area contributed by atoms with Gasteiger partial charge in [-0.15, -0.1) is 0 Å². The number of nitrogens with zero attached hydrogens (tertiary/aromatic N) is 4. The van der Waals surface area contributed by atoms with Gasteiger partial charge >= 0.3 is 5.97 Å². The van der Waals surface area contributed by atoms with Gasteiger partial charge in [0.05, 0.1) is 29.9 Å². The second kappa shape index (κ2) is 13.2. The number of rotatable bonds is 11. The molecule has 0 bridgehead atoms. The number of esters is 1. The number of amides is 2. The lowest BCUT2D eigenvalue weighted by Crippen LogP contribution is -2.50. The standard InChI is InChI=1S/C28H30N6O7S/c1-3-41-25(35)16-33-15-19-14-32(11-10-22(19)31-33)28(37)23(12-17-4-7-20(8-5-17)34(38)39)30-27(36)21-9-6-18(26(29)42)13-24(21)40-2/h4-9,13,15,23H,3,10-12,14,16H2,1-2H3,(H2,29,42)(H,30,36)/t23-/m0/s1. The Labute approximate surface area is 246 Å². The zero-order valence-electron chi connectivity index (χ0n) is 23.1. The topological polar surface area (TPSA) is 172 Å². The number of nitro benzene ring substituents is 1. The summed E-state index contributed by atoms with van der Waals surface area (Å²) in [5.41, 5.74) is 8.51. The van der Waals surface area contributed by atoms with E-state index in [0.717, 1.165) is 11.3 Å². The van der Waals surface area contributed by atoms with Crippen molar-refractivity contribution in [2.24, 2.45) is 5.73 Å². The molecule has 4 rings (SSSR count). The molecular formula is C28H30N6O7S. The van der Waals surface area contributed by atoms with Gasteiger partial charge in [-0.25, -0.2) is 0 Å². The van der Waals surface area contributed by atoms with Crippen LogP contribution >= 0.6 is 12.2 Å². The van der Waals surface area contributed by atoms with Gasteiger partial charge in [0.1, 0.15) is 23.3 Å². The molecular weight excluding hydrogens is 564 g/mol. The molecule has 0 aliphatic carbocycles. The number of nitro groups is 1. The van der Waals surface area contributed by atoms with E-state index in [2.05, 4.69) is 10.4 Å². The summed E-state index contributed by atoms with van der Waals surface area (Å²) < 4.78 is 11.9. The Kier molecular flexibility index (Phi) is 9.47. The van der Waals surface area contributed by atoms with E-state index in [9.17, 15) is 24.5 Å². The van der Waals surface area contributed by atoms with Crippen molar-refractivity contribution < 1.29 is 28.8 Å². The Bertz CT molecular complexity index is 1520. The van der Waals surface area contributed by atoms with E-state index in [1.165, 1.54) is 30.0 Å². The summed E-state index contributed by atoms with van der Waals surface area (Å²) in [6, 6.07) is 9.45. The number of methoxy groups -OCH3 is 1. The quantitative estimate of drug-likeness (QED) is 0.145. The summed E-state index contributed by atoms with van der Waals surface area (Å²) in [6.07, 6.45) is 2.26. The highest BCUT2D eigenvalue weighted by Crippen LogP contribution is 2.23. The number of nitrogens with one attached hydrogen (secondary N) is 1. The van der Waals surface area contributed by atoms with Crippen LogP contribution in [0.1, 0.15) is 39.7 Å². The van der Waals surface area contributed by atoms with Crippen LogP contribution in [-0.2, 0) is 40.3 Å². The normalized spacial score (nSPS) is 13.0. The number of hydrogen-bond donors (Lipinski definition) is 2. The van der Waals surface area contributed by atoms with E-state index in [1.54, 1.807) is 42.3 Å². The van der Waals surface area contributed by atoms with Crippen LogP contribution in [0.15, 0.2) is 48.7 Å². The Morgan fingerprint density at radius 3 is 2.60 bits per heavy atom. The average Bonchev–Trinajstić information content (AvgIpc) is 3.37. The van der Waals surface area contributed by atoms with E-state index in [4.69, 9.17) is 27.4 Å². The Morgan fingerprint density at radius 2 is 1.95 bits per heavy atom. The molecule has 13 nitrogen and oxygen atoms in total. The lowest BCUT2D eigenvalue weighted by molar-refractivity contribution is -0.384. The van der Waals surface area contributed by atoms with E-state index in [0.29, 0.717) is 24.1 Å². The predicted molar refractivity (Wildman–Crippen MR) is 155 cm³/mol. The van der Waals surface area contributed by atoms with E-state index < -0.39 is 22.8 Å². The number of benzene rings is 2. The highest BCUT2D eigenvalue weighted by Gasteiger charge is 2.31. The zero-order chi connectivity index (χ0) is 30.4. The number of aromatic nitrogens is 2. The van der Waals surface area contributed by atoms with Gasteiger partial charge in [-0.05, 0) is 24.6 Å². The molecule has 2 heterocycles. The minimum Gasteiger partial charge on any atom is -0.496 e. The fourth-order valence-corrected chi connectivity index (χ4v) is 4.78. The molecule has 0 radical (unpaired) electrons. The Hall–Kier alpha value is -4.85. The minimum absolute atomic E-state index is 0.0386. The second-order valence-corrected chi connectivity index (χ2v) is 9.99. The number of ether oxygens (including phenoxy) is 2. The van der Waals surface area contributed by atoms with Gasteiger partial charge in [0.2, 0.25) is 5.91 Å². The lowest BCUT2D eigenvalue weighted by atomic mass is 10.0. The highest BCUT2D eigenvalue weighted by atomic mass is 32.1. The molecule has 0 saturated heterocycles. The molecule has 0 spiro atoms. The minimum atomic E-state index is -1.00. The summed E-state index contributed by atoms with van der Waals surface area (Å²) in [6.45, 7) is 2.53. The van der Waals surface area contributed by atoms with Gasteiger partial charge in [-0.2, -0.15) is 5.10 Å². The molecule has 0 unspecified atom stereocenters. The first kappa shape index (κ1) is 30.1. The van der Waals surface area contributed by atoms with Crippen molar-refractivity contribution in [2.75, 3.05) is 20.3 Å². The SMILES string of the molecule is CCOC(=O)Cn1cc2c(n1)CCN(C(=O)[C@H](Cc1ccc([N+](=O)[O-])cc1)NC(=O)c1ccc(C(N)=S)cc1OC)C2. The summed E-state index contributed by atoms with van der Waals surface area (Å²) in [4.78, 5) is 51.5. The van der Waals surface area contributed by atoms with E-state index in [-0.39, 0.29) is 54.0 Å². The van der Waals surface area contributed by atoms with Gasteiger partial charge in [0.25, 0.3) is 11.6 Å². The number of nitrogens with two attached hydrogens (primary N) is 1. The maximum atomic E-state index is 13.9. The molecule has 3 aromatic rings. The van der Waals surface area contributed by atoms with Gasteiger partial charge in [-0.1, -0.05) is 30.4 Å². The van der Waals surface area contributed by atoms with Crippen molar-refractivity contribution in [3.8, 4) is 5.75 Å². The van der Waals surface area contributed by atoms with Crippen LogP contribution in [0.4, 0.5) is 5.69 Å². The molecule has 1 aliphatic heterocycles. The number of thiocarbonyl (C=S) groups is 1. The molecule has 1 atom stereocenters. The largest absolute Gasteiger partial charge is 0.496 e. The number of carbonyl (C=O) groups excluding carboxylic acids is 3. The summed E-state index contributed by atoms with van der Waals surface area (Å²) in [5.74, 6) is -1.07. The summed E-state index contributed by atoms with van der Waals surface area (Å²) >= 11 is 5.02. The third-order valence-electron chi connectivity index (χ3n) is 6.73. The molecule has 1 aliphatic rings. The number of non-ortho nitro benzene ring substituents is 1. The molecule has 14 heteroatoms. The molecule has 2 aromatic carbocycles. The van der Waals surface area contributed by atoms with Crippen LogP contribution < -0.4 is 15.8 Å². The Balaban J connectivity index is 1.57. The van der Waals surface area contributed by atoms with Gasteiger partial charge in [-0.3, -0.25) is 29.2 Å². The third kappa shape index (κ3) is 7.07. The first-order chi connectivity index (χ1) is 20.1. The second-order valence-electron chi connectivity index (χ2n) is 9.55. The maximum Gasteiger partial charge on any atom is 0.327 e. The zero-order valence-corrected chi connectivity index (χ0v) is 23.9. The fraction of sp³-hybridized carbons (Fsp3) is 0.321. The highest BCUT2D eigenvalue weighted by molar-refractivity contribution is 7.80. The monoisotopic (exact) mass is 594 g/mol. The number of carbonyl (C=O) groups is 3. The smallest absolute Gasteiger partial charge is 0.327 e. The van der Waals surface area contributed by atoms with Crippen LogP contribution in [0.3, 0.4) is 0 Å². The average molecular weight is 595 g/mol. The first-order valence-electron chi connectivity index (χ1n) is 13.1. The van der Waals surface area contributed by atoms with E-state index >= 15 is 0 Å². The van der Waals surface area contributed by atoms with Crippen LogP contribution in [0.5, 0.6) is 5.75 Å². The predicted octanol–water partition coefficient (Wildman–Crippen LogP) is 1.92. The molecule has 42 heavy (non-hydrogen) atoms. The summed E-state index contributed by atoms with van der Waals surface area (Å²) in [5, 5.41) is 18.4. The van der Waals surface area contributed by atoms with Gasteiger partial charge < -0.3 is 25.4 Å². The Morgan fingerprint density at radius 1 is 1.21 bits per heavy atom. The lowest BCUT2D eigenvalue weighted by Gasteiger charge is -2.30. The molecule has 3 N–H and O–H groups in total. The van der Waals surface area contributed by atoms with Crippen molar-refractivity contribution >= 4 is 40.7 Å². The molecule has 0 fully saturated rings. The molecule has 0 saturated carbocycles. The van der Waals surface area contributed by atoms with Crippen molar-refractivity contribution in [2.45, 2.75) is 38.9 Å². The molecule has 220 valence electrons. The summed E-state index contributed by atoms with van der Waals surface area (Å²) in [7, 11) is 1.41. The van der Waals surface area contributed by atoms with Crippen molar-refractivity contribution in [3.05, 3.63) is 86.7 Å². The first-order valence-corrected chi connectivity index (χ1v) is 13.5. The van der Waals surface area contributed by atoms with Gasteiger partial charge in [0, 0.05) is 55.4 Å². The third-order valence-corrected chi connectivity index (χ3v) is 6.97. The fourth-order valence-electron chi connectivity index (χ4n) is 4.66.